The molecule has 0 N–H and O–H groups in total. The van der Waals surface area contributed by atoms with Crippen LogP contribution in [0.2, 0.25) is 0 Å². The van der Waals surface area contributed by atoms with Crippen molar-refractivity contribution in [3.05, 3.63) is 22.8 Å². The normalized spacial score (nSPS) is 23.7. The first-order valence-electron chi connectivity index (χ1n) is 8.14. The van der Waals surface area contributed by atoms with Gasteiger partial charge in [0.05, 0.1) is 0 Å². The number of ketones is 1. The summed E-state index contributed by atoms with van der Waals surface area (Å²) >= 11 is 0. The fraction of sp³-hybridized carbons (Fsp3) is 0.722. The Morgan fingerprint density at radius 2 is 1.68 bits per heavy atom. The molecule has 0 aromatic carbocycles. The smallest absolute Gasteiger partial charge is 0.162 e. The molecule has 0 fully saturated rings. The van der Waals surface area contributed by atoms with Gasteiger partial charge in [-0.05, 0) is 44.1 Å². The molecule has 0 saturated carbocycles. The number of allylic oxidation sites excluding steroid dienone is 4. The van der Waals surface area contributed by atoms with Crippen molar-refractivity contribution in [2.75, 3.05) is 0 Å². The molecule has 0 saturated heterocycles. The standard InChI is InChI=1S/C18H30O/c1-4-7-10-15-11-13-16(8-5-2)17(9-6-3)18(19)14-12-15/h12H,4-11,13-14H2,1-3H3/b15-12-,17-16-. The second-order valence-electron chi connectivity index (χ2n) is 5.68. The van der Waals surface area contributed by atoms with Gasteiger partial charge in [0.25, 0.3) is 0 Å². The summed E-state index contributed by atoms with van der Waals surface area (Å²) in [6, 6.07) is 0. The molecule has 0 unspecified atom stereocenters. The van der Waals surface area contributed by atoms with Gasteiger partial charge < -0.3 is 0 Å². The number of unbranched alkanes of at least 4 members (excludes halogenated alkanes) is 1. The van der Waals surface area contributed by atoms with Crippen molar-refractivity contribution in [3.63, 3.8) is 0 Å². The molecule has 1 aliphatic rings. The van der Waals surface area contributed by atoms with Crippen LogP contribution in [0.15, 0.2) is 22.8 Å². The molecule has 0 aliphatic heterocycles. The summed E-state index contributed by atoms with van der Waals surface area (Å²) in [4.78, 5) is 12.4. The largest absolute Gasteiger partial charge is 0.294 e. The highest BCUT2D eigenvalue weighted by Gasteiger charge is 2.16. The van der Waals surface area contributed by atoms with Gasteiger partial charge in [-0.3, -0.25) is 4.79 Å². The summed E-state index contributed by atoms with van der Waals surface area (Å²) in [6.45, 7) is 6.62. The van der Waals surface area contributed by atoms with E-state index in [9.17, 15) is 4.79 Å². The molecule has 0 radical (unpaired) electrons. The van der Waals surface area contributed by atoms with E-state index in [0.29, 0.717) is 12.2 Å². The first-order chi connectivity index (χ1) is 9.22. The molecule has 0 aromatic heterocycles. The van der Waals surface area contributed by atoms with E-state index < -0.39 is 0 Å². The van der Waals surface area contributed by atoms with Crippen LogP contribution in [-0.2, 0) is 4.79 Å². The van der Waals surface area contributed by atoms with Crippen LogP contribution in [0.25, 0.3) is 0 Å². The van der Waals surface area contributed by atoms with Gasteiger partial charge >= 0.3 is 0 Å². The fourth-order valence-electron chi connectivity index (χ4n) is 2.90. The number of carbonyl (C=O) groups excluding carboxylic acids is 1. The lowest BCUT2D eigenvalue weighted by Crippen LogP contribution is -2.09. The average molecular weight is 262 g/mol. The molecule has 0 bridgehead atoms. The number of carbonyl (C=O) groups is 1. The zero-order valence-corrected chi connectivity index (χ0v) is 13.1. The van der Waals surface area contributed by atoms with Gasteiger partial charge in [0.2, 0.25) is 0 Å². The predicted molar refractivity (Wildman–Crippen MR) is 83.3 cm³/mol. The number of Topliss-reactive ketones (excluding diaryl/α,β-unsaturated/α-hetero) is 1. The SMILES string of the molecule is CCCC/C1=C/CC(=O)/C(CCC)=C(/CCC)CC1. The summed E-state index contributed by atoms with van der Waals surface area (Å²) in [6.07, 6.45) is 13.2. The Balaban J connectivity index is 2.80. The van der Waals surface area contributed by atoms with E-state index in [2.05, 4.69) is 26.8 Å². The van der Waals surface area contributed by atoms with Gasteiger partial charge in [0.1, 0.15) is 0 Å². The summed E-state index contributed by atoms with van der Waals surface area (Å²) < 4.78 is 0. The minimum atomic E-state index is 0.388. The molecule has 108 valence electrons. The van der Waals surface area contributed by atoms with Crippen molar-refractivity contribution in [1.82, 2.24) is 0 Å². The van der Waals surface area contributed by atoms with E-state index in [1.54, 1.807) is 0 Å². The highest BCUT2D eigenvalue weighted by molar-refractivity contribution is 5.97. The van der Waals surface area contributed by atoms with E-state index in [4.69, 9.17) is 0 Å². The van der Waals surface area contributed by atoms with E-state index in [1.165, 1.54) is 36.8 Å². The van der Waals surface area contributed by atoms with Gasteiger partial charge in [-0.15, -0.1) is 0 Å². The summed E-state index contributed by atoms with van der Waals surface area (Å²) in [5.74, 6) is 0.388. The third-order valence-corrected chi connectivity index (χ3v) is 3.99. The van der Waals surface area contributed by atoms with Crippen molar-refractivity contribution >= 4 is 5.78 Å². The monoisotopic (exact) mass is 262 g/mol. The maximum atomic E-state index is 12.4. The molecule has 0 amide bonds. The topological polar surface area (TPSA) is 17.1 Å². The molecular formula is C18H30O. The third kappa shape index (κ3) is 5.34. The molecule has 0 atom stereocenters. The molecule has 1 nitrogen and oxygen atoms in total. The van der Waals surface area contributed by atoms with Gasteiger partial charge in [-0.1, -0.05) is 57.3 Å². The molecule has 1 rings (SSSR count). The zero-order valence-electron chi connectivity index (χ0n) is 13.1. The Hall–Kier alpha value is -0.850. The van der Waals surface area contributed by atoms with Crippen molar-refractivity contribution in [2.45, 2.75) is 85.0 Å². The maximum Gasteiger partial charge on any atom is 0.162 e. The summed E-state index contributed by atoms with van der Waals surface area (Å²) in [7, 11) is 0. The van der Waals surface area contributed by atoms with Crippen LogP contribution in [0.3, 0.4) is 0 Å². The molecule has 19 heavy (non-hydrogen) atoms. The quantitative estimate of drug-likeness (QED) is 0.534. The fourth-order valence-corrected chi connectivity index (χ4v) is 2.90. The van der Waals surface area contributed by atoms with E-state index in [1.807, 2.05) is 0 Å². The molecule has 1 heteroatoms. The van der Waals surface area contributed by atoms with Crippen molar-refractivity contribution < 1.29 is 4.79 Å². The highest BCUT2D eigenvalue weighted by Crippen LogP contribution is 2.28. The number of hydrogen-bond acceptors (Lipinski definition) is 1. The van der Waals surface area contributed by atoms with E-state index in [-0.39, 0.29) is 0 Å². The second kappa shape index (κ2) is 9.12. The minimum Gasteiger partial charge on any atom is -0.294 e. The minimum absolute atomic E-state index is 0.388. The number of hydrogen-bond donors (Lipinski definition) is 0. The Kier molecular flexibility index (Phi) is 7.78. The van der Waals surface area contributed by atoms with E-state index in [0.717, 1.165) is 37.7 Å². The second-order valence-corrected chi connectivity index (χ2v) is 5.68. The van der Waals surface area contributed by atoms with Gasteiger partial charge in [0, 0.05) is 6.42 Å². The lowest BCUT2D eigenvalue weighted by Gasteiger charge is -2.18. The molecular weight excluding hydrogens is 232 g/mol. The van der Waals surface area contributed by atoms with Crippen LogP contribution in [0.1, 0.15) is 85.0 Å². The Bertz CT molecular complexity index is 347. The van der Waals surface area contributed by atoms with Crippen LogP contribution in [0, 0.1) is 0 Å². The molecule has 0 aromatic rings. The first-order valence-corrected chi connectivity index (χ1v) is 8.14. The first kappa shape index (κ1) is 16.2. The third-order valence-electron chi connectivity index (χ3n) is 3.99. The molecule has 0 heterocycles. The lowest BCUT2D eigenvalue weighted by molar-refractivity contribution is -0.115. The van der Waals surface area contributed by atoms with Gasteiger partial charge in [-0.2, -0.15) is 0 Å². The Morgan fingerprint density at radius 1 is 0.947 bits per heavy atom. The number of rotatable bonds is 7. The maximum absolute atomic E-state index is 12.4. The van der Waals surface area contributed by atoms with Crippen LogP contribution >= 0.6 is 0 Å². The van der Waals surface area contributed by atoms with Crippen LogP contribution in [0.4, 0.5) is 0 Å². The zero-order chi connectivity index (χ0) is 14.1. The lowest BCUT2D eigenvalue weighted by atomic mass is 9.87. The van der Waals surface area contributed by atoms with Crippen molar-refractivity contribution in [1.29, 1.82) is 0 Å². The van der Waals surface area contributed by atoms with Crippen LogP contribution < -0.4 is 0 Å². The van der Waals surface area contributed by atoms with Crippen LogP contribution in [0.5, 0.6) is 0 Å². The van der Waals surface area contributed by atoms with Crippen molar-refractivity contribution in [3.8, 4) is 0 Å². The average Bonchev–Trinajstić information content (AvgIpc) is 2.41. The molecule has 1 aliphatic carbocycles. The van der Waals surface area contributed by atoms with Crippen molar-refractivity contribution in [2.24, 2.45) is 0 Å². The van der Waals surface area contributed by atoms with Gasteiger partial charge in [0.15, 0.2) is 5.78 Å². The van der Waals surface area contributed by atoms with Gasteiger partial charge in [-0.25, -0.2) is 0 Å². The highest BCUT2D eigenvalue weighted by atomic mass is 16.1. The predicted octanol–water partition coefficient (Wildman–Crippen LogP) is 5.75. The van der Waals surface area contributed by atoms with Crippen LogP contribution in [-0.4, -0.2) is 5.78 Å². The van der Waals surface area contributed by atoms with E-state index >= 15 is 0 Å². The Morgan fingerprint density at radius 3 is 2.32 bits per heavy atom. The molecule has 0 spiro atoms. The Labute approximate surface area is 119 Å². The summed E-state index contributed by atoms with van der Waals surface area (Å²) in [5.41, 5.74) is 4.13. The summed E-state index contributed by atoms with van der Waals surface area (Å²) in [5, 5.41) is 0.